The van der Waals surface area contributed by atoms with Gasteiger partial charge in [-0.3, -0.25) is 4.79 Å². The molecule has 0 spiro atoms. The molecule has 1 fully saturated rings. The number of sulfonamides is 1. The number of pyridine rings is 2. The van der Waals surface area contributed by atoms with E-state index in [1.807, 2.05) is 0 Å². The quantitative estimate of drug-likeness (QED) is 0.540. The third-order valence-electron chi connectivity index (χ3n) is 4.95. The van der Waals surface area contributed by atoms with Gasteiger partial charge in [-0.25, -0.2) is 23.5 Å². The first-order chi connectivity index (χ1) is 16.0. The van der Waals surface area contributed by atoms with Crippen LogP contribution in [-0.2, 0) is 16.2 Å². The number of hydrogen-bond acceptors (Lipinski definition) is 7. The fourth-order valence-corrected chi connectivity index (χ4v) is 3.77. The first-order valence-corrected chi connectivity index (χ1v) is 11.4. The summed E-state index contributed by atoms with van der Waals surface area (Å²) in [7, 11) is -4.04. The van der Waals surface area contributed by atoms with Crippen LogP contribution in [0.1, 0.15) is 15.9 Å². The molecule has 0 unspecified atom stereocenters. The highest BCUT2D eigenvalue weighted by atomic mass is 32.2. The molecule has 0 aliphatic carbocycles. The number of hydrogen-bond donors (Lipinski definition) is 2. The van der Waals surface area contributed by atoms with Crippen molar-refractivity contribution in [3.05, 3.63) is 72.1 Å². The van der Waals surface area contributed by atoms with Crippen molar-refractivity contribution in [1.29, 1.82) is 0 Å². The summed E-state index contributed by atoms with van der Waals surface area (Å²) >= 11 is 0. The molecule has 2 aromatic heterocycles. The molecule has 9 nitrogen and oxygen atoms in total. The van der Waals surface area contributed by atoms with Gasteiger partial charge >= 0.3 is 6.18 Å². The minimum atomic E-state index is -4.42. The Kier molecular flexibility index (Phi) is 6.15. The van der Waals surface area contributed by atoms with E-state index in [4.69, 9.17) is 9.88 Å². The summed E-state index contributed by atoms with van der Waals surface area (Å²) in [6.07, 6.45) is -2.00. The van der Waals surface area contributed by atoms with Gasteiger partial charge in [0.1, 0.15) is 17.7 Å². The molecule has 0 saturated carbocycles. The number of benzene rings is 1. The Labute approximate surface area is 192 Å². The smallest absolute Gasteiger partial charge is 0.416 e. The zero-order valence-corrected chi connectivity index (χ0v) is 18.2. The number of nitrogens with two attached hydrogens (primary N) is 1. The van der Waals surface area contributed by atoms with Gasteiger partial charge in [-0.2, -0.15) is 13.2 Å². The first-order valence-electron chi connectivity index (χ1n) is 9.85. The number of aromatic nitrogens is 2. The Hall–Kier alpha value is -3.71. The van der Waals surface area contributed by atoms with E-state index in [0.717, 1.165) is 18.2 Å². The molecule has 1 aromatic carbocycles. The maximum Gasteiger partial charge on any atom is 0.416 e. The zero-order valence-electron chi connectivity index (χ0n) is 17.4. The predicted molar refractivity (Wildman–Crippen MR) is 116 cm³/mol. The number of ether oxygens (including phenoxy) is 1. The summed E-state index contributed by atoms with van der Waals surface area (Å²) < 4.78 is 66.7. The largest absolute Gasteiger partial charge is 0.487 e. The predicted octanol–water partition coefficient (Wildman–Crippen LogP) is 2.66. The molecule has 3 N–H and O–H groups in total. The van der Waals surface area contributed by atoms with Crippen LogP contribution in [-0.4, -0.2) is 43.5 Å². The Morgan fingerprint density at radius 1 is 1.09 bits per heavy atom. The number of nitrogens with zero attached hydrogens (tertiary/aromatic N) is 3. The van der Waals surface area contributed by atoms with E-state index >= 15 is 0 Å². The fraction of sp³-hybridized carbons (Fsp3) is 0.190. The number of alkyl halides is 3. The van der Waals surface area contributed by atoms with Crippen molar-refractivity contribution in [3.8, 4) is 5.75 Å². The normalized spacial score (nSPS) is 14.4. The zero-order chi connectivity index (χ0) is 24.5. The molecule has 13 heteroatoms. The SMILES string of the molecule is NS(=O)(=O)c1cc(NC(=O)c2cccnc2N2CC(Oc3ccc(C(F)(F)F)cc3)C2)ccn1. The van der Waals surface area contributed by atoms with Crippen LogP contribution < -0.4 is 20.1 Å². The van der Waals surface area contributed by atoms with E-state index in [9.17, 15) is 26.4 Å². The Morgan fingerprint density at radius 2 is 1.79 bits per heavy atom. The first kappa shape index (κ1) is 23.4. The van der Waals surface area contributed by atoms with Gasteiger partial charge in [-0.05, 0) is 42.5 Å². The van der Waals surface area contributed by atoms with Gasteiger partial charge in [-0.1, -0.05) is 0 Å². The molecule has 178 valence electrons. The van der Waals surface area contributed by atoms with E-state index in [2.05, 4.69) is 15.3 Å². The average molecular weight is 493 g/mol. The van der Waals surface area contributed by atoms with E-state index in [1.165, 1.54) is 30.6 Å². The number of carbonyl (C=O) groups excluding carboxylic acids is 1. The molecule has 1 aliphatic heterocycles. The topological polar surface area (TPSA) is 128 Å². The van der Waals surface area contributed by atoms with E-state index < -0.39 is 27.7 Å². The van der Waals surface area contributed by atoms with Crippen molar-refractivity contribution in [2.24, 2.45) is 5.14 Å². The summed E-state index contributed by atoms with van der Waals surface area (Å²) in [5.74, 6) is 0.162. The van der Waals surface area contributed by atoms with Crippen LogP contribution in [0.15, 0.2) is 66.0 Å². The molecular weight excluding hydrogens is 475 g/mol. The molecule has 1 aliphatic rings. The van der Waals surface area contributed by atoms with Crippen LogP contribution in [0, 0.1) is 0 Å². The number of anilines is 2. The van der Waals surface area contributed by atoms with Crippen molar-refractivity contribution in [3.63, 3.8) is 0 Å². The number of primary sulfonamides is 1. The number of amides is 1. The Morgan fingerprint density at radius 3 is 2.44 bits per heavy atom. The van der Waals surface area contributed by atoms with E-state index in [1.54, 1.807) is 17.0 Å². The lowest BCUT2D eigenvalue weighted by Gasteiger charge is -2.40. The second kappa shape index (κ2) is 8.91. The van der Waals surface area contributed by atoms with Crippen molar-refractivity contribution in [2.45, 2.75) is 17.3 Å². The minimum Gasteiger partial charge on any atom is -0.487 e. The van der Waals surface area contributed by atoms with Crippen molar-refractivity contribution >= 4 is 27.4 Å². The molecular formula is C21H18F3N5O4S. The van der Waals surface area contributed by atoms with Crippen molar-refractivity contribution in [2.75, 3.05) is 23.3 Å². The second-order valence-corrected chi connectivity index (χ2v) is 8.93. The van der Waals surface area contributed by atoms with Gasteiger partial charge in [0.2, 0.25) is 0 Å². The summed E-state index contributed by atoms with van der Waals surface area (Å²) in [6.45, 7) is 0.728. The monoisotopic (exact) mass is 493 g/mol. The average Bonchev–Trinajstić information content (AvgIpc) is 2.75. The molecule has 0 radical (unpaired) electrons. The molecule has 1 saturated heterocycles. The number of rotatable bonds is 6. The van der Waals surface area contributed by atoms with Crippen LogP contribution in [0.25, 0.3) is 0 Å². The minimum absolute atomic E-state index is 0.186. The van der Waals surface area contributed by atoms with Crippen LogP contribution >= 0.6 is 0 Å². The molecule has 3 heterocycles. The summed E-state index contributed by atoms with van der Waals surface area (Å²) in [5, 5.41) is 7.28. The van der Waals surface area contributed by atoms with Gasteiger partial charge in [0.05, 0.1) is 24.2 Å². The molecule has 0 bridgehead atoms. The van der Waals surface area contributed by atoms with E-state index in [0.29, 0.717) is 24.7 Å². The van der Waals surface area contributed by atoms with Gasteiger partial charge in [0.15, 0.2) is 5.03 Å². The van der Waals surface area contributed by atoms with E-state index in [-0.39, 0.29) is 22.4 Å². The highest BCUT2D eigenvalue weighted by Gasteiger charge is 2.33. The number of halogens is 3. The molecule has 1 amide bonds. The molecule has 0 atom stereocenters. The maximum atomic E-state index is 12.8. The number of nitrogens with one attached hydrogen (secondary N) is 1. The summed E-state index contributed by atoms with van der Waals surface area (Å²) in [6, 6.07) is 10.1. The van der Waals surface area contributed by atoms with Crippen LogP contribution in [0.4, 0.5) is 24.7 Å². The van der Waals surface area contributed by atoms with Gasteiger partial charge < -0.3 is 15.0 Å². The maximum absolute atomic E-state index is 12.8. The number of carbonyl (C=O) groups is 1. The highest BCUT2D eigenvalue weighted by Crippen LogP contribution is 2.31. The van der Waals surface area contributed by atoms with Gasteiger partial charge in [0, 0.05) is 24.1 Å². The lowest BCUT2D eigenvalue weighted by molar-refractivity contribution is -0.137. The lowest BCUT2D eigenvalue weighted by Crippen LogP contribution is -2.54. The van der Waals surface area contributed by atoms with Crippen LogP contribution in [0.3, 0.4) is 0 Å². The van der Waals surface area contributed by atoms with Gasteiger partial charge in [0.25, 0.3) is 15.9 Å². The highest BCUT2D eigenvalue weighted by molar-refractivity contribution is 7.89. The van der Waals surface area contributed by atoms with Gasteiger partial charge in [-0.15, -0.1) is 0 Å². The summed E-state index contributed by atoms with van der Waals surface area (Å²) in [5.41, 5.74) is -0.333. The third-order valence-corrected chi connectivity index (χ3v) is 5.75. The second-order valence-electron chi connectivity index (χ2n) is 7.42. The standard InChI is InChI=1S/C21H18F3N5O4S/c22-21(23,24)13-3-5-15(6-4-13)33-16-11-29(12-16)19-17(2-1-8-27-19)20(30)28-14-7-9-26-18(10-14)34(25,31)32/h1-10,16H,11-12H2,(H2,25,31,32)(H,26,28,30). The third kappa shape index (κ3) is 5.26. The molecule has 3 aromatic rings. The fourth-order valence-electron chi connectivity index (χ4n) is 3.27. The van der Waals surface area contributed by atoms with Crippen molar-refractivity contribution in [1.82, 2.24) is 9.97 Å². The van der Waals surface area contributed by atoms with Crippen molar-refractivity contribution < 1.29 is 31.1 Å². The molecule has 4 rings (SSSR count). The Bertz CT molecular complexity index is 1310. The summed E-state index contributed by atoms with van der Waals surface area (Å²) in [4.78, 5) is 22.5. The van der Waals surface area contributed by atoms with Crippen LogP contribution in [0.2, 0.25) is 0 Å². The lowest BCUT2D eigenvalue weighted by atomic mass is 10.1. The molecule has 34 heavy (non-hydrogen) atoms. The Balaban J connectivity index is 1.41. The van der Waals surface area contributed by atoms with Crippen LogP contribution in [0.5, 0.6) is 5.75 Å².